The maximum absolute atomic E-state index is 13.1. The summed E-state index contributed by atoms with van der Waals surface area (Å²) in [6.07, 6.45) is -10.8. The molecule has 0 radical (unpaired) electrons. The molecule has 0 saturated carbocycles. The van der Waals surface area contributed by atoms with Gasteiger partial charge in [-0.15, -0.1) is 0 Å². The summed E-state index contributed by atoms with van der Waals surface area (Å²) in [5.41, 5.74) is -4.80. The Hall–Kier alpha value is -1.27. The number of halogens is 3. The first kappa shape index (κ1) is 16.1. The summed E-state index contributed by atoms with van der Waals surface area (Å²) in [7, 11) is 0. The Morgan fingerprint density at radius 2 is 2.14 bits per heavy atom. The first-order valence-corrected chi connectivity index (χ1v) is 6.08. The summed E-state index contributed by atoms with van der Waals surface area (Å²) in [6, 6.07) is 1.12. The van der Waals surface area contributed by atoms with Gasteiger partial charge in [0.1, 0.15) is 16.8 Å². The Kier molecular flexibility index (Phi) is 3.97. The third-order valence-electron chi connectivity index (χ3n) is 3.22. The Labute approximate surface area is 120 Å². The van der Waals surface area contributed by atoms with Gasteiger partial charge in [0.05, 0.1) is 6.61 Å². The molecule has 1 aliphatic rings. The fraction of sp³-hybridized carbons (Fsp3) is 0.600. The van der Waals surface area contributed by atoms with Gasteiger partial charge in [-0.3, -0.25) is 9.55 Å². The molecule has 7 nitrogen and oxygen atoms in total. The Bertz CT molecular complexity index is 645. The summed E-state index contributed by atoms with van der Waals surface area (Å²) < 4.78 is 44.6. The molecule has 11 heteroatoms. The van der Waals surface area contributed by atoms with Crippen LogP contribution in [0.4, 0.5) is 13.2 Å². The highest BCUT2D eigenvalue weighted by molar-refractivity contribution is 7.71. The van der Waals surface area contributed by atoms with E-state index in [4.69, 9.17) is 9.84 Å². The first-order chi connectivity index (χ1) is 9.62. The van der Waals surface area contributed by atoms with E-state index < -0.39 is 42.5 Å². The van der Waals surface area contributed by atoms with Gasteiger partial charge in [0.15, 0.2) is 6.23 Å². The number of alkyl halides is 3. The number of H-pyrrole nitrogens is 1. The normalized spacial score (nSPS) is 33.3. The van der Waals surface area contributed by atoms with Crippen molar-refractivity contribution in [1.29, 1.82) is 0 Å². The van der Waals surface area contributed by atoms with Gasteiger partial charge >= 0.3 is 11.9 Å². The smallest absolute Gasteiger partial charge is 0.394 e. The lowest BCUT2D eigenvalue weighted by molar-refractivity contribution is -0.304. The first-order valence-electron chi connectivity index (χ1n) is 5.68. The van der Waals surface area contributed by atoms with Crippen molar-refractivity contribution >= 4 is 12.2 Å². The quantitative estimate of drug-likeness (QED) is 0.543. The number of aromatic nitrogens is 2. The average molecular weight is 328 g/mol. The van der Waals surface area contributed by atoms with Gasteiger partial charge in [-0.1, -0.05) is 12.2 Å². The van der Waals surface area contributed by atoms with E-state index in [1.54, 1.807) is 0 Å². The number of nitrogens with zero attached hydrogens (tertiary/aromatic N) is 1. The van der Waals surface area contributed by atoms with Gasteiger partial charge in [-0.25, -0.2) is 4.79 Å². The zero-order valence-electron chi connectivity index (χ0n) is 10.2. The maximum atomic E-state index is 13.1. The molecular weight excluding hydrogens is 317 g/mol. The number of rotatable bonds is 2. The second-order valence-corrected chi connectivity index (χ2v) is 4.93. The van der Waals surface area contributed by atoms with Crippen LogP contribution in [0.15, 0.2) is 17.1 Å². The second-order valence-electron chi connectivity index (χ2n) is 4.49. The molecule has 1 saturated heterocycles. The van der Waals surface area contributed by atoms with Crippen molar-refractivity contribution in [2.45, 2.75) is 30.2 Å². The number of aromatic amines is 1. The molecule has 0 amide bonds. The highest BCUT2D eigenvalue weighted by Crippen LogP contribution is 2.47. The van der Waals surface area contributed by atoms with E-state index in [2.05, 4.69) is 17.2 Å². The molecule has 0 bridgehead atoms. The molecule has 4 atom stereocenters. The van der Waals surface area contributed by atoms with E-state index >= 15 is 0 Å². The van der Waals surface area contributed by atoms with Crippen LogP contribution in [0, 0.1) is 4.64 Å². The van der Waals surface area contributed by atoms with Gasteiger partial charge in [-0.2, -0.15) is 13.2 Å². The molecule has 1 fully saturated rings. The molecule has 0 spiro atoms. The zero-order valence-corrected chi connectivity index (χ0v) is 11.1. The molecule has 1 aromatic rings. The van der Waals surface area contributed by atoms with Crippen LogP contribution in [0.5, 0.6) is 0 Å². The van der Waals surface area contributed by atoms with E-state index in [0.29, 0.717) is 4.57 Å². The zero-order chi connectivity index (χ0) is 16.0. The van der Waals surface area contributed by atoms with Crippen LogP contribution >= 0.6 is 12.2 Å². The Morgan fingerprint density at radius 1 is 1.52 bits per heavy atom. The van der Waals surface area contributed by atoms with Crippen LogP contribution in [0.3, 0.4) is 0 Å². The predicted molar refractivity (Wildman–Crippen MR) is 63.9 cm³/mol. The van der Waals surface area contributed by atoms with E-state index in [9.17, 15) is 28.2 Å². The number of aliphatic hydroxyl groups excluding tert-OH is 2. The van der Waals surface area contributed by atoms with Crippen LogP contribution in [0.2, 0.25) is 0 Å². The lowest BCUT2D eigenvalue weighted by Gasteiger charge is -2.33. The number of hydrogen-bond acceptors (Lipinski definition) is 6. The number of nitrogens with one attached hydrogen (secondary N) is 1. The fourth-order valence-electron chi connectivity index (χ4n) is 2.11. The molecule has 2 heterocycles. The van der Waals surface area contributed by atoms with E-state index in [-0.39, 0.29) is 4.64 Å². The third-order valence-corrected chi connectivity index (χ3v) is 3.46. The van der Waals surface area contributed by atoms with Crippen molar-refractivity contribution in [2.75, 3.05) is 6.61 Å². The summed E-state index contributed by atoms with van der Waals surface area (Å²) in [4.78, 5) is 13.8. The van der Waals surface area contributed by atoms with Gasteiger partial charge < -0.3 is 20.1 Å². The van der Waals surface area contributed by atoms with Crippen molar-refractivity contribution in [2.24, 2.45) is 0 Å². The van der Waals surface area contributed by atoms with Crippen LogP contribution in [-0.2, 0) is 4.74 Å². The number of aliphatic hydroxyl groups is 3. The van der Waals surface area contributed by atoms with E-state index in [1.807, 2.05) is 0 Å². The monoisotopic (exact) mass is 328 g/mol. The lowest BCUT2D eigenvalue weighted by Crippen LogP contribution is -2.58. The average Bonchev–Trinajstić information content (AvgIpc) is 2.63. The highest BCUT2D eigenvalue weighted by Gasteiger charge is 2.70. The largest absolute Gasteiger partial charge is 0.424 e. The van der Waals surface area contributed by atoms with E-state index in [0.717, 1.165) is 12.3 Å². The van der Waals surface area contributed by atoms with Gasteiger partial charge in [0, 0.05) is 6.20 Å². The molecule has 0 aliphatic carbocycles. The minimum atomic E-state index is -5.30. The summed E-state index contributed by atoms with van der Waals surface area (Å²) in [5.74, 6) is 0. The Morgan fingerprint density at radius 3 is 2.62 bits per heavy atom. The van der Waals surface area contributed by atoms with Crippen LogP contribution in [0.1, 0.15) is 6.23 Å². The molecule has 1 aromatic heterocycles. The van der Waals surface area contributed by atoms with Crippen molar-refractivity contribution < 1.29 is 33.2 Å². The van der Waals surface area contributed by atoms with Gasteiger partial charge in [0.2, 0.25) is 5.60 Å². The van der Waals surface area contributed by atoms with Crippen molar-refractivity contribution in [3.05, 3.63) is 27.4 Å². The number of hydrogen-bond donors (Lipinski definition) is 4. The molecule has 4 N–H and O–H groups in total. The molecule has 118 valence electrons. The molecule has 3 unspecified atom stereocenters. The summed E-state index contributed by atoms with van der Waals surface area (Å²) in [5, 5.41) is 28.5. The minimum absolute atomic E-state index is 0.0240. The van der Waals surface area contributed by atoms with Crippen LogP contribution in [0.25, 0.3) is 0 Å². The van der Waals surface area contributed by atoms with Gasteiger partial charge in [0.25, 0.3) is 0 Å². The predicted octanol–water partition coefficient (Wildman–Crippen LogP) is -0.550. The Balaban J connectivity index is 2.60. The summed E-state index contributed by atoms with van der Waals surface area (Å²) >= 11 is 4.65. The standard InChI is InChI=1S/C10H11F3N2O5S/c11-10(12,13)9(19)6(17)4(3-16)20-7(9)15-2-1-5(21)14-8(15)18/h1-2,4,6-7,16-17,19H,3H2,(H,14,18,21)/t4?,6?,7-,9?/m1/s1. The molecular formula is C10H11F3N2O5S. The minimum Gasteiger partial charge on any atom is -0.394 e. The van der Waals surface area contributed by atoms with Gasteiger partial charge in [-0.05, 0) is 6.07 Å². The maximum Gasteiger partial charge on any atom is 0.424 e. The van der Waals surface area contributed by atoms with Crippen LogP contribution < -0.4 is 5.69 Å². The third kappa shape index (κ3) is 2.40. The van der Waals surface area contributed by atoms with Crippen LogP contribution in [-0.4, -0.2) is 55.5 Å². The molecule has 2 rings (SSSR count). The molecule has 0 aromatic carbocycles. The van der Waals surface area contributed by atoms with Crippen molar-refractivity contribution in [3.63, 3.8) is 0 Å². The van der Waals surface area contributed by atoms with Crippen molar-refractivity contribution in [1.82, 2.24) is 9.55 Å². The highest BCUT2D eigenvalue weighted by atomic mass is 32.1. The molecule has 21 heavy (non-hydrogen) atoms. The topological polar surface area (TPSA) is 108 Å². The van der Waals surface area contributed by atoms with Crippen molar-refractivity contribution in [3.8, 4) is 0 Å². The van der Waals surface area contributed by atoms with E-state index in [1.165, 1.54) is 0 Å². The molecule has 1 aliphatic heterocycles. The lowest BCUT2D eigenvalue weighted by atomic mass is 9.93. The fourth-order valence-corrected chi connectivity index (χ4v) is 2.26. The second kappa shape index (κ2) is 5.18. The number of ether oxygens (including phenoxy) is 1. The summed E-state index contributed by atoms with van der Waals surface area (Å²) in [6.45, 7) is -0.965. The SMILES string of the molecule is O=c1[nH]c(=S)ccn1[C@@H]1OC(CO)C(O)C1(O)C(F)(F)F.